The lowest BCUT2D eigenvalue weighted by Crippen LogP contribution is -2.34. The molecule has 1 rings (SSSR count). The zero-order chi connectivity index (χ0) is 17.2. The molecule has 4 nitrogen and oxygen atoms in total. The van der Waals surface area contributed by atoms with Crippen LogP contribution in [0.5, 0.6) is 5.75 Å². The lowest BCUT2D eigenvalue weighted by Gasteiger charge is -2.22. The van der Waals surface area contributed by atoms with Crippen molar-refractivity contribution in [3.05, 3.63) is 30.3 Å². The number of hydrogen-bond donors (Lipinski definition) is 1. The van der Waals surface area contributed by atoms with Crippen molar-refractivity contribution < 1.29 is 14.1 Å². The molecule has 5 heteroatoms. The van der Waals surface area contributed by atoms with Crippen LogP contribution in [-0.4, -0.2) is 25.3 Å². The molecule has 126 valence electrons. The van der Waals surface area contributed by atoms with Crippen molar-refractivity contribution in [3.63, 3.8) is 0 Å². The molecule has 0 fully saturated rings. The van der Waals surface area contributed by atoms with Gasteiger partial charge in [0.15, 0.2) is 8.30 Å². The largest absolute Gasteiger partial charge is 0.464 e. The van der Waals surface area contributed by atoms with Gasteiger partial charge >= 0.3 is 5.97 Å². The van der Waals surface area contributed by atoms with E-state index in [-0.39, 0.29) is 17.4 Å². The average Bonchev–Trinajstić information content (AvgIpc) is 2.47. The molecule has 0 aromatic heterocycles. The lowest BCUT2D eigenvalue weighted by atomic mass is 9.99. The highest BCUT2D eigenvalue weighted by Crippen LogP contribution is 2.30. The van der Waals surface area contributed by atoms with Gasteiger partial charge in [-0.25, -0.2) is 0 Å². The second-order valence-corrected chi connectivity index (χ2v) is 7.36. The van der Waals surface area contributed by atoms with Crippen molar-refractivity contribution in [2.45, 2.75) is 47.6 Å². The monoisotopic (exact) mass is 327 g/mol. The van der Waals surface area contributed by atoms with Gasteiger partial charge in [-0.1, -0.05) is 52.8 Å². The van der Waals surface area contributed by atoms with Crippen LogP contribution in [0.1, 0.15) is 41.5 Å². The number of esters is 1. The van der Waals surface area contributed by atoms with Crippen LogP contribution in [0.25, 0.3) is 0 Å². The van der Waals surface area contributed by atoms with Gasteiger partial charge in [-0.3, -0.25) is 9.88 Å². The highest BCUT2D eigenvalue weighted by Gasteiger charge is 2.20. The summed E-state index contributed by atoms with van der Waals surface area (Å²) in [5.74, 6) is 0.551. The molecule has 1 N–H and O–H groups in total. The summed E-state index contributed by atoms with van der Waals surface area (Å²) in [5, 5.41) is 3.13. The third-order valence-electron chi connectivity index (χ3n) is 2.36. The van der Waals surface area contributed by atoms with Gasteiger partial charge < -0.3 is 9.26 Å². The zero-order valence-corrected chi connectivity index (χ0v) is 15.7. The molecule has 0 aliphatic rings. The van der Waals surface area contributed by atoms with Crippen LogP contribution in [0.2, 0.25) is 0 Å². The van der Waals surface area contributed by atoms with Crippen molar-refractivity contribution >= 4 is 14.3 Å². The summed E-state index contributed by atoms with van der Waals surface area (Å²) in [6.07, 6.45) is 0. The highest BCUT2D eigenvalue weighted by atomic mass is 31.2. The summed E-state index contributed by atoms with van der Waals surface area (Å²) in [5.41, 5.74) is -0.0210. The van der Waals surface area contributed by atoms with Crippen LogP contribution in [0.15, 0.2) is 30.3 Å². The fraction of sp³-hybridized carbons (Fsp3) is 0.588. The standard InChI is InChI=1S/C15H24NO3P.C2H6/c1-12(14(17)18-11-15(2,3)4)16-20(5)19-13-9-7-6-8-10-13;1-2/h6-10,12,16H,11H2,1-5H3;1-2H3. The Morgan fingerprint density at radius 1 is 1.23 bits per heavy atom. The van der Waals surface area contributed by atoms with Gasteiger partial charge in [0.1, 0.15) is 11.8 Å². The van der Waals surface area contributed by atoms with E-state index in [1.54, 1.807) is 6.92 Å². The first-order chi connectivity index (χ1) is 10.3. The summed E-state index contributed by atoms with van der Waals surface area (Å²) in [6, 6.07) is 9.17. The van der Waals surface area contributed by atoms with E-state index in [1.807, 2.05) is 71.6 Å². The minimum atomic E-state index is -0.918. The van der Waals surface area contributed by atoms with Crippen LogP contribution >= 0.6 is 8.30 Å². The second-order valence-electron chi connectivity index (χ2n) is 5.92. The highest BCUT2D eigenvalue weighted by molar-refractivity contribution is 7.49. The predicted octanol–water partition coefficient (Wildman–Crippen LogP) is 4.60. The maximum absolute atomic E-state index is 11.8. The van der Waals surface area contributed by atoms with E-state index in [4.69, 9.17) is 9.26 Å². The number of ether oxygens (including phenoxy) is 1. The molecule has 0 amide bonds. The fourth-order valence-corrected chi connectivity index (χ4v) is 2.55. The number of rotatable bonds is 6. The van der Waals surface area contributed by atoms with Crippen LogP contribution in [0.4, 0.5) is 0 Å². The minimum Gasteiger partial charge on any atom is -0.464 e. The predicted molar refractivity (Wildman–Crippen MR) is 94.3 cm³/mol. The van der Waals surface area contributed by atoms with Gasteiger partial charge in [0, 0.05) is 6.66 Å². The molecule has 1 aromatic rings. The first kappa shape index (κ1) is 20.9. The molecule has 0 aliphatic carbocycles. The third kappa shape index (κ3) is 9.75. The van der Waals surface area contributed by atoms with Gasteiger partial charge in [-0.2, -0.15) is 0 Å². The van der Waals surface area contributed by atoms with Crippen molar-refractivity contribution in [1.82, 2.24) is 5.09 Å². The SMILES string of the molecule is CC.CC(NP(C)Oc1ccccc1)C(=O)OCC(C)(C)C. The average molecular weight is 327 g/mol. The maximum Gasteiger partial charge on any atom is 0.323 e. The molecule has 1 aromatic carbocycles. The Bertz CT molecular complexity index is 418. The molecule has 0 aliphatic heterocycles. The molecular formula is C17H30NO3P. The molecule has 0 spiro atoms. The van der Waals surface area contributed by atoms with Crippen LogP contribution in [0.3, 0.4) is 0 Å². The Hall–Kier alpha value is -1.12. The van der Waals surface area contributed by atoms with Gasteiger partial charge in [-0.05, 0) is 24.5 Å². The number of carbonyl (C=O) groups is 1. The Balaban J connectivity index is 0.00000211. The molecule has 2 unspecified atom stereocenters. The van der Waals surface area contributed by atoms with E-state index < -0.39 is 8.30 Å². The topological polar surface area (TPSA) is 47.6 Å². The van der Waals surface area contributed by atoms with Crippen molar-refractivity contribution in [1.29, 1.82) is 0 Å². The quantitative estimate of drug-likeness (QED) is 0.613. The van der Waals surface area contributed by atoms with E-state index in [2.05, 4.69) is 5.09 Å². The number of benzene rings is 1. The number of carbonyl (C=O) groups excluding carboxylic acids is 1. The molecular weight excluding hydrogens is 297 g/mol. The smallest absolute Gasteiger partial charge is 0.323 e. The molecule has 0 saturated heterocycles. The Morgan fingerprint density at radius 2 is 1.77 bits per heavy atom. The number of hydrogen-bond acceptors (Lipinski definition) is 4. The maximum atomic E-state index is 11.8. The molecule has 0 bridgehead atoms. The minimum absolute atomic E-state index is 0.0210. The Kier molecular flexibility index (Phi) is 10.0. The van der Waals surface area contributed by atoms with Crippen molar-refractivity contribution in [2.75, 3.05) is 13.3 Å². The summed E-state index contributed by atoms with van der Waals surface area (Å²) in [7, 11) is -0.918. The van der Waals surface area contributed by atoms with Crippen molar-refractivity contribution in [3.8, 4) is 5.75 Å². The summed E-state index contributed by atoms with van der Waals surface area (Å²) in [6.45, 7) is 14.2. The lowest BCUT2D eigenvalue weighted by molar-refractivity contribution is -0.147. The van der Waals surface area contributed by atoms with Crippen LogP contribution in [-0.2, 0) is 9.53 Å². The zero-order valence-electron chi connectivity index (χ0n) is 14.8. The molecule has 2 atom stereocenters. The normalized spacial score (nSPS) is 13.4. The van der Waals surface area contributed by atoms with E-state index in [0.717, 1.165) is 5.75 Å². The van der Waals surface area contributed by atoms with Gasteiger partial charge in [0.05, 0.1) is 6.61 Å². The Morgan fingerprint density at radius 3 is 2.27 bits per heavy atom. The first-order valence-corrected chi connectivity index (χ1v) is 9.38. The van der Waals surface area contributed by atoms with E-state index in [0.29, 0.717) is 6.61 Å². The van der Waals surface area contributed by atoms with Gasteiger partial charge in [0.2, 0.25) is 0 Å². The molecule has 0 radical (unpaired) electrons. The van der Waals surface area contributed by atoms with E-state index in [9.17, 15) is 4.79 Å². The molecule has 0 saturated carbocycles. The van der Waals surface area contributed by atoms with Crippen LogP contribution < -0.4 is 9.61 Å². The Labute approximate surface area is 136 Å². The van der Waals surface area contributed by atoms with Gasteiger partial charge in [0.25, 0.3) is 0 Å². The number of para-hydroxylation sites is 1. The second kappa shape index (κ2) is 10.6. The number of nitrogens with one attached hydrogen (secondary N) is 1. The van der Waals surface area contributed by atoms with Gasteiger partial charge in [-0.15, -0.1) is 0 Å². The summed E-state index contributed by atoms with van der Waals surface area (Å²) < 4.78 is 11.0. The van der Waals surface area contributed by atoms with Crippen LogP contribution in [0, 0.1) is 5.41 Å². The third-order valence-corrected chi connectivity index (χ3v) is 3.60. The van der Waals surface area contributed by atoms with E-state index in [1.165, 1.54) is 0 Å². The summed E-state index contributed by atoms with van der Waals surface area (Å²) in [4.78, 5) is 11.8. The van der Waals surface area contributed by atoms with E-state index >= 15 is 0 Å². The fourth-order valence-electron chi connectivity index (χ4n) is 1.40. The molecule has 22 heavy (non-hydrogen) atoms. The first-order valence-electron chi connectivity index (χ1n) is 7.67. The van der Waals surface area contributed by atoms with Crippen molar-refractivity contribution in [2.24, 2.45) is 5.41 Å². The summed E-state index contributed by atoms with van der Waals surface area (Å²) >= 11 is 0. The molecule has 0 heterocycles.